The molecule has 0 amide bonds. The maximum absolute atomic E-state index is 6.57. The summed E-state index contributed by atoms with van der Waals surface area (Å²) in [4.78, 5) is 2.51. The van der Waals surface area contributed by atoms with Crippen molar-refractivity contribution >= 4 is 60.8 Å². The minimum Gasteiger partial charge on any atom is -0.455 e. The Hall–Kier alpha value is -9.18. The first-order chi connectivity index (χ1) is 34.8. The van der Waals surface area contributed by atoms with Gasteiger partial charge >= 0.3 is 0 Å². The zero-order valence-electron chi connectivity index (χ0n) is 38.1. The van der Waals surface area contributed by atoms with Crippen LogP contribution in [-0.4, -0.2) is 4.57 Å². The zero-order valence-corrected chi connectivity index (χ0v) is 38.1. The van der Waals surface area contributed by atoms with Crippen LogP contribution in [0.3, 0.4) is 0 Å². The van der Waals surface area contributed by atoms with E-state index in [0.717, 1.165) is 61.3 Å². The molecule has 1 spiro atoms. The average molecular weight is 891 g/mol. The lowest BCUT2D eigenvalue weighted by atomic mass is 9.65. The number of hydrogen-bond acceptors (Lipinski definition) is 2. The molecule has 0 saturated carbocycles. The maximum Gasteiger partial charge on any atom is 0.143 e. The van der Waals surface area contributed by atoms with Crippen molar-refractivity contribution in [1.29, 1.82) is 0 Å². The first-order valence-corrected chi connectivity index (χ1v) is 24.2. The molecule has 1 aliphatic carbocycles. The van der Waals surface area contributed by atoms with Gasteiger partial charge in [-0.15, -0.1) is 0 Å². The first kappa shape index (κ1) is 38.9. The summed E-state index contributed by atoms with van der Waals surface area (Å²) in [6.07, 6.45) is 0. The van der Waals surface area contributed by atoms with Gasteiger partial charge in [-0.25, -0.2) is 0 Å². The van der Waals surface area contributed by atoms with Crippen LogP contribution in [0.1, 0.15) is 22.3 Å². The van der Waals surface area contributed by atoms with Crippen LogP contribution in [0.5, 0.6) is 0 Å². The number of hydrogen-bond donors (Lipinski definition) is 0. The van der Waals surface area contributed by atoms with Gasteiger partial charge in [-0.1, -0.05) is 206 Å². The predicted molar refractivity (Wildman–Crippen MR) is 290 cm³/mol. The van der Waals surface area contributed by atoms with Gasteiger partial charge in [-0.05, 0) is 98.6 Å². The van der Waals surface area contributed by atoms with Crippen molar-refractivity contribution in [2.24, 2.45) is 0 Å². The highest BCUT2D eigenvalue weighted by molar-refractivity contribution is 6.14. The SMILES string of the molecule is c1ccc(-c2cccc(-c3ccccc3N(c3ccc(-c4cccc5c4oc4ccccc45)cc3)c3cccc4c3-c3ccccc3C43c4ccccc4-n4c5ccccc5c5cccc3c54)c2)cc1. The molecule has 0 bridgehead atoms. The molecular formula is C67H42N2O. The molecule has 3 nitrogen and oxygen atoms in total. The van der Waals surface area contributed by atoms with Gasteiger partial charge in [0.2, 0.25) is 0 Å². The number of fused-ring (bicyclic) bond motifs is 15. The zero-order chi connectivity index (χ0) is 45.9. The number of nitrogens with zero attached hydrogens (tertiary/aromatic N) is 2. The quantitative estimate of drug-likeness (QED) is 0.166. The molecule has 3 heteroatoms. The maximum atomic E-state index is 6.57. The lowest BCUT2D eigenvalue weighted by Crippen LogP contribution is -2.33. The number of anilines is 3. The Labute approximate surface area is 405 Å². The van der Waals surface area contributed by atoms with Crippen LogP contribution < -0.4 is 4.90 Å². The average Bonchev–Trinajstić information content (AvgIpc) is 4.09. The Morgan fingerprint density at radius 2 is 0.957 bits per heavy atom. The molecule has 1 unspecified atom stereocenters. The Morgan fingerprint density at radius 1 is 0.357 bits per heavy atom. The fraction of sp³-hybridized carbons (Fsp3) is 0.0149. The fourth-order valence-electron chi connectivity index (χ4n) is 12.4. The van der Waals surface area contributed by atoms with Gasteiger partial charge in [-0.3, -0.25) is 0 Å². The van der Waals surface area contributed by atoms with E-state index in [9.17, 15) is 0 Å². The van der Waals surface area contributed by atoms with Gasteiger partial charge < -0.3 is 13.9 Å². The van der Waals surface area contributed by atoms with E-state index in [4.69, 9.17) is 4.42 Å². The van der Waals surface area contributed by atoms with Gasteiger partial charge in [0.15, 0.2) is 0 Å². The Morgan fingerprint density at radius 3 is 1.86 bits per heavy atom. The Balaban J connectivity index is 0.997. The van der Waals surface area contributed by atoms with Crippen LogP contribution in [0.25, 0.3) is 93.9 Å². The Kier molecular flexibility index (Phi) is 8.28. The second-order valence-corrected chi connectivity index (χ2v) is 18.7. The molecule has 70 heavy (non-hydrogen) atoms. The van der Waals surface area contributed by atoms with Gasteiger partial charge in [0.05, 0.1) is 33.5 Å². The molecule has 1 atom stereocenters. The van der Waals surface area contributed by atoms with E-state index in [-0.39, 0.29) is 0 Å². The normalized spacial score (nSPS) is 14.3. The van der Waals surface area contributed by atoms with E-state index in [0.29, 0.717) is 0 Å². The van der Waals surface area contributed by atoms with Crippen molar-refractivity contribution in [3.8, 4) is 50.2 Å². The molecular weight excluding hydrogens is 849 g/mol. The van der Waals surface area contributed by atoms with E-state index in [1.807, 2.05) is 6.07 Å². The van der Waals surface area contributed by atoms with Crippen molar-refractivity contribution in [3.05, 3.63) is 277 Å². The fourth-order valence-corrected chi connectivity index (χ4v) is 12.4. The van der Waals surface area contributed by atoms with Crippen molar-refractivity contribution in [1.82, 2.24) is 4.57 Å². The molecule has 326 valence electrons. The molecule has 15 rings (SSSR count). The van der Waals surface area contributed by atoms with Crippen LogP contribution in [-0.2, 0) is 5.41 Å². The number of aromatic nitrogens is 1. The second kappa shape index (κ2) is 14.9. The third kappa shape index (κ3) is 5.34. The summed E-state index contributed by atoms with van der Waals surface area (Å²) in [5.74, 6) is 0. The highest BCUT2D eigenvalue weighted by atomic mass is 16.3. The van der Waals surface area contributed by atoms with Crippen molar-refractivity contribution < 1.29 is 4.42 Å². The number of benzene rings is 11. The van der Waals surface area contributed by atoms with Crippen LogP contribution in [0.2, 0.25) is 0 Å². The van der Waals surface area contributed by atoms with Crippen LogP contribution in [0.15, 0.2) is 259 Å². The van der Waals surface area contributed by atoms with E-state index >= 15 is 0 Å². The summed E-state index contributed by atoms with van der Waals surface area (Å²) in [6, 6.07) is 93.7. The van der Waals surface area contributed by atoms with Crippen LogP contribution in [0.4, 0.5) is 17.1 Å². The molecule has 13 aromatic rings. The largest absolute Gasteiger partial charge is 0.455 e. The molecule has 0 radical (unpaired) electrons. The minimum atomic E-state index is -0.591. The summed E-state index contributed by atoms with van der Waals surface area (Å²) in [5, 5.41) is 4.80. The number of para-hydroxylation sites is 6. The standard InChI is InChI=1S/C67H42N2O/c1-2-18-43(19-3-1)45-20-14-21-46(42-45)48-22-5-10-33-59(48)68(47-40-38-44(39-41-47)49-26-15-28-53-51-24-7-13-37-63(51)70-66(49)53)62-36-17-31-57-64(62)54-25-4-8-29-55(54)67(57)56-30-9-12-35-61(56)69-60-34-11-6-23-50(60)52-27-16-32-58(67)65(52)69/h1-42H. The highest BCUT2D eigenvalue weighted by Crippen LogP contribution is 2.63. The summed E-state index contributed by atoms with van der Waals surface area (Å²) in [5.41, 5.74) is 22.7. The molecule has 0 N–H and O–H groups in total. The summed E-state index contributed by atoms with van der Waals surface area (Å²) < 4.78 is 9.09. The lowest BCUT2D eigenvalue weighted by Gasteiger charge is -2.39. The molecule has 2 aromatic heterocycles. The van der Waals surface area contributed by atoms with Crippen molar-refractivity contribution in [2.75, 3.05) is 4.90 Å². The monoisotopic (exact) mass is 890 g/mol. The molecule has 2 aliphatic rings. The van der Waals surface area contributed by atoms with Crippen molar-refractivity contribution in [3.63, 3.8) is 0 Å². The summed E-state index contributed by atoms with van der Waals surface area (Å²) in [6.45, 7) is 0. The molecule has 0 fully saturated rings. The van der Waals surface area contributed by atoms with E-state index in [1.165, 1.54) is 72.0 Å². The number of furan rings is 1. The minimum absolute atomic E-state index is 0.591. The smallest absolute Gasteiger partial charge is 0.143 e. The lowest BCUT2D eigenvalue weighted by molar-refractivity contribution is 0.670. The van der Waals surface area contributed by atoms with E-state index in [1.54, 1.807) is 0 Å². The third-order valence-corrected chi connectivity index (χ3v) is 15.2. The Bertz CT molecular complexity index is 4250. The van der Waals surface area contributed by atoms with Gasteiger partial charge in [-0.2, -0.15) is 0 Å². The molecule has 11 aromatic carbocycles. The predicted octanol–water partition coefficient (Wildman–Crippen LogP) is 17.8. The summed E-state index contributed by atoms with van der Waals surface area (Å²) in [7, 11) is 0. The topological polar surface area (TPSA) is 21.3 Å². The molecule has 0 saturated heterocycles. The third-order valence-electron chi connectivity index (χ3n) is 15.2. The van der Waals surface area contributed by atoms with Crippen molar-refractivity contribution in [2.45, 2.75) is 5.41 Å². The second-order valence-electron chi connectivity index (χ2n) is 18.7. The van der Waals surface area contributed by atoms with Gasteiger partial charge in [0, 0.05) is 43.9 Å². The van der Waals surface area contributed by atoms with E-state index < -0.39 is 5.41 Å². The molecule has 3 heterocycles. The van der Waals surface area contributed by atoms with Gasteiger partial charge in [0.1, 0.15) is 11.2 Å². The molecule has 1 aliphatic heterocycles. The first-order valence-electron chi connectivity index (χ1n) is 24.2. The van der Waals surface area contributed by atoms with Gasteiger partial charge in [0.25, 0.3) is 0 Å². The number of rotatable bonds is 6. The highest BCUT2D eigenvalue weighted by Gasteiger charge is 2.51. The van der Waals surface area contributed by atoms with Crippen LogP contribution in [0, 0.1) is 0 Å². The van der Waals surface area contributed by atoms with E-state index in [2.05, 4.69) is 258 Å². The summed E-state index contributed by atoms with van der Waals surface area (Å²) >= 11 is 0. The van der Waals surface area contributed by atoms with Crippen LogP contribution >= 0.6 is 0 Å².